The molecule has 0 radical (unpaired) electrons. The van der Waals surface area contributed by atoms with E-state index in [4.69, 9.17) is 14.2 Å². The zero-order valence-corrected chi connectivity index (χ0v) is 26.2. The van der Waals surface area contributed by atoms with Crippen molar-refractivity contribution in [1.29, 1.82) is 0 Å². The van der Waals surface area contributed by atoms with Gasteiger partial charge < -0.3 is 24.4 Å². The van der Waals surface area contributed by atoms with Crippen molar-refractivity contribution in [3.05, 3.63) is 112 Å². The van der Waals surface area contributed by atoms with Crippen molar-refractivity contribution < 1.29 is 32.6 Å². The number of nitrogens with one attached hydrogen (secondary N) is 1. The van der Waals surface area contributed by atoms with Gasteiger partial charge in [0.1, 0.15) is 22.7 Å². The molecule has 2 aromatic carbocycles. The molecule has 5 heterocycles. The van der Waals surface area contributed by atoms with Crippen LogP contribution in [0.2, 0.25) is 0 Å². The minimum Gasteiger partial charge on any atom is -0.452 e. The van der Waals surface area contributed by atoms with Gasteiger partial charge in [-0.3, -0.25) is 19.0 Å². The molecule has 0 atom stereocenters. The second kappa shape index (κ2) is 14.6. The number of carbonyl (C=O) groups excluding carboxylic acids is 2. The zero-order chi connectivity index (χ0) is 33.6. The molecule has 1 N–H and O–H groups in total. The molecular weight excluding hydrogens is 624 g/mol. The van der Waals surface area contributed by atoms with Crippen molar-refractivity contribution in [3.63, 3.8) is 0 Å². The summed E-state index contributed by atoms with van der Waals surface area (Å²) in [7, 11) is 0. The van der Waals surface area contributed by atoms with Crippen LogP contribution in [0.4, 0.5) is 20.2 Å². The summed E-state index contributed by atoms with van der Waals surface area (Å²) in [5.41, 5.74) is 1.75. The minimum atomic E-state index is -0.730. The van der Waals surface area contributed by atoms with E-state index >= 15 is 4.39 Å². The van der Waals surface area contributed by atoms with Crippen LogP contribution in [0.3, 0.4) is 0 Å². The molecule has 0 aliphatic carbocycles. The molecule has 0 spiro atoms. The predicted molar refractivity (Wildman–Crippen MR) is 174 cm³/mol. The topological polar surface area (TPSA) is 116 Å². The van der Waals surface area contributed by atoms with Crippen molar-refractivity contribution in [2.75, 3.05) is 49.7 Å². The second-order valence-electron chi connectivity index (χ2n) is 11.2. The number of fused-ring (bicyclic) bond motifs is 1. The molecule has 0 unspecified atom stereocenters. The summed E-state index contributed by atoms with van der Waals surface area (Å²) in [6.07, 6.45) is 4.35. The number of halogens is 2. The number of ketones is 1. The Bertz CT molecular complexity index is 1980. The van der Waals surface area contributed by atoms with E-state index in [1.165, 1.54) is 47.0 Å². The first-order valence-corrected chi connectivity index (χ1v) is 15.4. The number of pyridine rings is 2. The maximum atomic E-state index is 15.2. The second-order valence-corrected chi connectivity index (χ2v) is 11.2. The summed E-state index contributed by atoms with van der Waals surface area (Å²) >= 11 is 0. The predicted octanol–water partition coefficient (Wildman–Crippen LogP) is 5.32. The maximum absolute atomic E-state index is 15.2. The number of rotatable bonds is 6. The summed E-state index contributed by atoms with van der Waals surface area (Å²) in [4.78, 5) is 39.9. The number of hydrogen-bond acceptors (Lipinski definition) is 8. The van der Waals surface area contributed by atoms with Crippen LogP contribution in [-0.4, -0.2) is 65.4 Å². The molecule has 3 aromatic heterocycles. The normalized spacial score (nSPS) is 14.7. The van der Waals surface area contributed by atoms with Crippen molar-refractivity contribution in [2.45, 2.75) is 19.8 Å². The van der Waals surface area contributed by atoms with E-state index in [9.17, 15) is 18.8 Å². The van der Waals surface area contributed by atoms with Crippen LogP contribution in [0.15, 0.2) is 83.9 Å². The summed E-state index contributed by atoms with van der Waals surface area (Å²) < 4.78 is 47.4. The molecule has 2 aliphatic heterocycles. The Morgan fingerprint density at radius 3 is 2.23 bits per heavy atom. The van der Waals surface area contributed by atoms with Gasteiger partial charge in [-0.2, -0.15) is 5.10 Å². The number of piperidine rings is 1. The molecule has 48 heavy (non-hydrogen) atoms. The summed E-state index contributed by atoms with van der Waals surface area (Å²) in [5.74, 6) is -1.38. The fourth-order valence-corrected chi connectivity index (χ4v) is 5.38. The number of hydrogen-bond donors (Lipinski definition) is 1. The van der Waals surface area contributed by atoms with Crippen LogP contribution < -0.4 is 20.5 Å². The van der Waals surface area contributed by atoms with Crippen molar-refractivity contribution >= 4 is 28.6 Å². The number of anilines is 2. The van der Waals surface area contributed by atoms with Crippen molar-refractivity contribution in [1.82, 2.24) is 14.2 Å². The maximum Gasteiger partial charge on any atom is 0.268 e. The Balaban J connectivity index is 0.000000604. The highest BCUT2D eigenvalue weighted by atomic mass is 19.1. The highest BCUT2D eigenvalue weighted by molar-refractivity contribution is 6.04. The van der Waals surface area contributed by atoms with E-state index in [-0.39, 0.29) is 22.8 Å². The standard InChI is InChI=1S/C31H25F2N5O4.C4H8O2/c1-19-2-8-25(31(41)38(19)22-6-3-20(32)4-7-22)30(40)35-21-5-9-28(26(33)16-21)42-29-17-23(18-37-27(29)10-13-34-37)36-14-11-24(39)12-15-36;1-2-6-4-3-5-1/h2-10,13,16-18H,11-12,14-15H2,1H3,(H,35,40);1-4H2. The smallest absolute Gasteiger partial charge is 0.268 e. The first-order chi connectivity index (χ1) is 23.3. The molecule has 2 aliphatic rings. The number of carbonyl (C=O) groups is 2. The highest BCUT2D eigenvalue weighted by Crippen LogP contribution is 2.33. The van der Waals surface area contributed by atoms with Crippen LogP contribution in [-0.2, 0) is 14.3 Å². The number of benzene rings is 2. The first kappa shape index (κ1) is 32.5. The van der Waals surface area contributed by atoms with Gasteiger partial charge in [0, 0.05) is 55.1 Å². The molecule has 2 saturated heterocycles. The molecule has 0 bridgehead atoms. The Morgan fingerprint density at radius 1 is 0.854 bits per heavy atom. The lowest BCUT2D eigenvalue weighted by molar-refractivity contribution is -0.119. The quantitative estimate of drug-likeness (QED) is 0.261. The van der Waals surface area contributed by atoms with E-state index in [1.807, 2.05) is 6.20 Å². The molecular formula is C35H33F2N5O6. The number of Topliss-reactive ketones (excluding diaryl/α,β-unsaturated/α-hetero) is 1. The van der Waals surface area contributed by atoms with Gasteiger partial charge in [-0.1, -0.05) is 0 Å². The minimum absolute atomic E-state index is 0.0731. The Hall–Kier alpha value is -5.40. The van der Waals surface area contributed by atoms with Crippen LogP contribution >= 0.6 is 0 Å². The zero-order valence-electron chi connectivity index (χ0n) is 26.2. The summed E-state index contributed by atoms with van der Waals surface area (Å²) in [6, 6.07) is 15.8. The third kappa shape index (κ3) is 7.42. The SMILES string of the molecule is C1COCCO1.Cc1ccc(C(=O)Nc2ccc(Oc3cc(N4CCC(=O)CC4)cn4nccc34)c(F)c2)c(=O)n1-c1ccc(F)cc1. The van der Waals surface area contributed by atoms with Gasteiger partial charge in [-0.05, 0) is 61.5 Å². The monoisotopic (exact) mass is 657 g/mol. The average molecular weight is 658 g/mol. The van der Waals surface area contributed by atoms with Gasteiger partial charge in [0.05, 0.1) is 44.5 Å². The molecule has 1 amide bonds. The Morgan fingerprint density at radius 2 is 1.56 bits per heavy atom. The lowest BCUT2D eigenvalue weighted by Crippen LogP contribution is -2.33. The molecule has 11 nitrogen and oxygen atoms in total. The van der Waals surface area contributed by atoms with Crippen molar-refractivity contribution in [2.24, 2.45) is 0 Å². The fraction of sp³-hybridized carbons (Fsp3) is 0.257. The molecule has 248 valence electrons. The first-order valence-electron chi connectivity index (χ1n) is 15.4. The van der Waals surface area contributed by atoms with Crippen LogP contribution in [0.5, 0.6) is 11.5 Å². The van der Waals surface area contributed by atoms with Crippen LogP contribution in [0.25, 0.3) is 11.2 Å². The number of aryl methyl sites for hydroxylation is 1. The average Bonchev–Trinajstić information content (AvgIpc) is 3.57. The number of aromatic nitrogens is 3. The van der Waals surface area contributed by atoms with Crippen LogP contribution in [0.1, 0.15) is 28.9 Å². The van der Waals surface area contributed by atoms with Crippen molar-refractivity contribution in [3.8, 4) is 17.2 Å². The van der Waals surface area contributed by atoms with Gasteiger partial charge in [0.15, 0.2) is 17.3 Å². The number of nitrogens with zero attached hydrogens (tertiary/aromatic N) is 4. The molecule has 13 heteroatoms. The molecule has 2 fully saturated rings. The van der Waals surface area contributed by atoms with E-state index in [1.54, 1.807) is 35.8 Å². The van der Waals surface area contributed by atoms with E-state index in [0.717, 1.165) is 38.2 Å². The largest absolute Gasteiger partial charge is 0.452 e. The Kier molecular flexibility index (Phi) is 9.88. The number of amides is 1. The lowest BCUT2D eigenvalue weighted by Gasteiger charge is -2.28. The Labute approximate surface area is 274 Å². The van der Waals surface area contributed by atoms with Gasteiger partial charge in [0.25, 0.3) is 11.5 Å². The lowest BCUT2D eigenvalue weighted by atomic mass is 10.1. The third-order valence-corrected chi connectivity index (χ3v) is 7.90. The van der Waals surface area contributed by atoms with Gasteiger partial charge in [-0.25, -0.2) is 13.3 Å². The van der Waals surface area contributed by atoms with Gasteiger partial charge >= 0.3 is 0 Å². The third-order valence-electron chi connectivity index (χ3n) is 7.90. The number of ether oxygens (including phenoxy) is 3. The van der Waals surface area contributed by atoms with Gasteiger partial charge in [0.2, 0.25) is 0 Å². The molecule has 0 saturated carbocycles. The van der Waals surface area contributed by atoms with Gasteiger partial charge in [-0.15, -0.1) is 0 Å². The van der Waals surface area contributed by atoms with E-state index in [2.05, 4.69) is 15.3 Å². The highest BCUT2D eigenvalue weighted by Gasteiger charge is 2.20. The molecule has 5 aromatic rings. The summed E-state index contributed by atoms with van der Waals surface area (Å²) in [6.45, 7) is 5.95. The summed E-state index contributed by atoms with van der Waals surface area (Å²) in [5, 5.41) is 6.85. The molecule has 7 rings (SSSR count). The van der Waals surface area contributed by atoms with E-state index in [0.29, 0.717) is 48.6 Å². The fourth-order valence-electron chi connectivity index (χ4n) is 5.38. The van der Waals surface area contributed by atoms with Crippen LogP contribution in [0, 0.1) is 18.6 Å². The van der Waals surface area contributed by atoms with E-state index < -0.39 is 23.1 Å².